The van der Waals surface area contributed by atoms with Crippen LogP contribution < -0.4 is 0 Å². The van der Waals surface area contributed by atoms with E-state index in [0.717, 1.165) is 0 Å². The molecule has 0 spiro atoms. The second-order valence-corrected chi connectivity index (χ2v) is 10.5. The molecule has 2 atom stereocenters. The van der Waals surface area contributed by atoms with Gasteiger partial charge in [-0.1, -0.05) is 31.2 Å². The van der Waals surface area contributed by atoms with Crippen LogP contribution in [0.4, 0.5) is 8.78 Å². The molecular formula is C30H36F2N2O6. The number of aliphatic hydroxyl groups is 2. The van der Waals surface area contributed by atoms with Gasteiger partial charge >= 0.3 is 11.9 Å². The molecule has 40 heavy (non-hydrogen) atoms. The fourth-order valence-corrected chi connectivity index (χ4v) is 4.42. The van der Waals surface area contributed by atoms with Gasteiger partial charge in [-0.05, 0) is 68.1 Å². The van der Waals surface area contributed by atoms with Crippen LogP contribution >= 0.6 is 0 Å². The zero-order chi connectivity index (χ0) is 29.6. The quantitative estimate of drug-likeness (QED) is 0.288. The molecule has 0 saturated heterocycles. The van der Waals surface area contributed by atoms with Gasteiger partial charge in [-0.3, -0.25) is 4.90 Å². The highest BCUT2D eigenvalue weighted by Gasteiger charge is 2.30. The number of aliphatic hydroxyl groups excluding tert-OH is 2. The third-order valence-corrected chi connectivity index (χ3v) is 6.28. The van der Waals surface area contributed by atoms with Crippen LogP contribution in [0.15, 0.2) is 48.5 Å². The molecule has 0 unspecified atom stereocenters. The van der Waals surface area contributed by atoms with Gasteiger partial charge < -0.3 is 24.7 Å². The number of methoxy groups -OCH3 is 1. The largest absolute Gasteiger partial charge is 0.465 e. The number of nitrogens with zero attached hydrogens (tertiary/aromatic N) is 1. The molecule has 1 aromatic heterocycles. The summed E-state index contributed by atoms with van der Waals surface area (Å²) < 4.78 is 37.5. The van der Waals surface area contributed by atoms with Crippen LogP contribution in [0, 0.1) is 11.6 Å². The third-order valence-electron chi connectivity index (χ3n) is 6.28. The van der Waals surface area contributed by atoms with Crippen LogP contribution in [0.25, 0.3) is 0 Å². The topological polar surface area (TPSA) is 112 Å². The number of hydrogen-bond donors (Lipinski definition) is 3. The summed E-state index contributed by atoms with van der Waals surface area (Å²) in [6.07, 6.45) is -1.83. The number of aromatic nitrogens is 1. The van der Waals surface area contributed by atoms with E-state index in [9.17, 15) is 28.6 Å². The van der Waals surface area contributed by atoms with E-state index in [1.54, 1.807) is 32.6 Å². The molecule has 3 rings (SSSR count). The molecule has 0 bridgehead atoms. The van der Waals surface area contributed by atoms with E-state index >= 15 is 0 Å². The summed E-state index contributed by atoms with van der Waals surface area (Å²) >= 11 is 0. The van der Waals surface area contributed by atoms with Crippen molar-refractivity contribution in [2.45, 2.75) is 58.5 Å². The van der Waals surface area contributed by atoms with Gasteiger partial charge in [-0.15, -0.1) is 0 Å². The summed E-state index contributed by atoms with van der Waals surface area (Å²) in [6, 6.07) is 10.8. The second kappa shape index (κ2) is 13.2. The van der Waals surface area contributed by atoms with Crippen molar-refractivity contribution in [1.82, 2.24) is 9.88 Å². The number of rotatable bonds is 11. The SMILES string of the molecule is CCc1c(C(=O)OC(C)(C)C)[nH]c(CN(C[C@@H](O)c2ccc(F)cc2)C[C@@H](O)c2ccc(F)cc2)c1C(=O)OC. The number of benzene rings is 2. The number of ether oxygens (including phenoxy) is 2. The summed E-state index contributed by atoms with van der Waals surface area (Å²) in [5.74, 6) is -2.19. The molecule has 1 heterocycles. The van der Waals surface area contributed by atoms with Gasteiger partial charge in [0.05, 0.1) is 24.9 Å². The zero-order valence-corrected chi connectivity index (χ0v) is 23.3. The van der Waals surface area contributed by atoms with Crippen molar-refractivity contribution in [1.29, 1.82) is 0 Å². The zero-order valence-electron chi connectivity index (χ0n) is 23.3. The lowest BCUT2D eigenvalue weighted by atomic mass is 10.0. The molecule has 0 aliphatic heterocycles. The molecule has 8 nitrogen and oxygen atoms in total. The molecule has 3 aromatic rings. The minimum atomic E-state index is -1.08. The number of hydrogen-bond acceptors (Lipinski definition) is 7. The third kappa shape index (κ3) is 7.97. The summed E-state index contributed by atoms with van der Waals surface area (Å²) in [5, 5.41) is 21.9. The molecule has 10 heteroatoms. The summed E-state index contributed by atoms with van der Waals surface area (Å²) in [7, 11) is 1.24. The fraction of sp³-hybridized carbons (Fsp3) is 0.400. The van der Waals surface area contributed by atoms with E-state index in [-0.39, 0.29) is 30.9 Å². The van der Waals surface area contributed by atoms with Gasteiger partial charge in [0.15, 0.2) is 0 Å². The summed E-state index contributed by atoms with van der Waals surface area (Å²) in [6.45, 7) is 6.95. The lowest BCUT2D eigenvalue weighted by molar-refractivity contribution is 0.00615. The van der Waals surface area contributed by atoms with Crippen molar-refractivity contribution >= 4 is 11.9 Å². The van der Waals surface area contributed by atoms with Crippen molar-refractivity contribution in [3.8, 4) is 0 Å². The number of carbonyl (C=O) groups is 2. The molecule has 0 amide bonds. The smallest absolute Gasteiger partial charge is 0.355 e. The predicted molar refractivity (Wildman–Crippen MR) is 145 cm³/mol. The Kier molecular flexibility index (Phi) is 10.2. The van der Waals surface area contributed by atoms with Gasteiger partial charge in [0, 0.05) is 25.3 Å². The molecule has 0 aliphatic carbocycles. The van der Waals surface area contributed by atoms with Crippen molar-refractivity contribution in [3.63, 3.8) is 0 Å². The van der Waals surface area contributed by atoms with Gasteiger partial charge in [0.1, 0.15) is 22.9 Å². The molecule has 2 aromatic carbocycles. The average molecular weight is 559 g/mol. The first-order valence-electron chi connectivity index (χ1n) is 13.0. The predicted octanol–water partition coefficient (Wildman–Crippen LogP) is 4.87. The summed E-state index contributed by atoms with van der Waals surface area (Å²) in [4.78, 5) is 30.6. The van der Waals surface area contributed by atoms with Crippen LogP contribution in [0.5, 0.6) is 0 Å². The highest BCUT2D eigenvalue weighted by Crippen LogP contribution is 2.27. The fourth-order valence-electron chi connectivity index (χ4n) is 4.42. The molecule has 0 radical (unpaired) electrons. The second-order valence-electron chi connectivity index (χ2n) is 10.5. The van der Waals surface area contributed by atoms with Gasteiger partial charge in [0.25, 0.3) is 0 Å². The van der Waals surface area contributed by atoms with Crippen LogP contribution in [0.3, 0.4) is 0 Å². The Balaban J connectivity index is 2.00. The number of esters is 2. The number of halogens is 2. The molecular weight excluding hydrogens is 522 g/mol. The van der Waals surface area contributed by atoms with Crippen molar-refractivity contribution in [3.05, 3.63) is 93.8 Å². The molecule has 3 N–H and O–H groups in total. The van der Waals surface area contributed by atoms with Gasteiger partial charge in [0.2, 0.25) is 0 Å². The van der Waals surface area contributed by atoms with E-state index in [2.05, 4.69) is 4.98 Å². The number of nitrogens with one attached hydrogen (secondary N) is 1. The highest BCUT2D eigenvalue weighted by molar-refractivity contribution is 5.98. The Morgan fingerprint density at radius 1 is 0.900 bits per heavy atom. The molecule has 216 valence electrons. The number of carbonyl (C=O) groups excluding carboxylic acids is 2. The van der Waals surface area contributed by atoms with Crippen LogP contribution in [-0.4, -0.2) is 57.8 Å². The minimum absolute atomic E-state index is 0.00323. The minimum Gasteiger partial charge on any atom is -0.465 e. The van der Waals surface area contributed by atoms with Crippen molar-refractivity contribution in [2.24, 2.45) is 0 Å². The van der Waals surface area contributed by atoms with Crippen molar-refractivity contribution < 1.29 is 38.1 Å². The Labute approximate surface area is 232 Å². The number of H-pyrrole nitrogens is 1. The van der Waals surface area contributed by atoms with Crippen LogP contribution in [0.2, 0.25) is 0 Å². The van der Waals surface area contributed by atoms with E-state index in [1.807, 2.05) is 0 Å². The van der Waals surface area contributed by atoms with E-state index in [4.69, 9.17) is 9.47 Å². The first-order valence-corrected chi connectivity index (χ1v) is 13.0. The first-order chi connectivity index (χ1) is 18.8. The van der Waals surface area contributed by atoms with E-state index in [1.165, 1.54) is 55.6 Å². The first kappa shape index (κ1) is 30.9. The molecule has 0 saturated carbocycles. The Bertz CT molecular complexity index is 1250. The Morgan fingerprint density at radius 2 is 1.38 bits per heavy atom. The van der Waals surface area contributed by atoms with E-state index in [0.29, 0.717) is 28.8 Å². The molecule has 0 fully saturated rings. The lowest BCUT2D eigenvalue weighted by Crippen LogP contribution is -2.33. The van der Waals surface area contributed by atoms with Crippen molar-refractivity contribution in [2.75, 3.05) is 20.2 Å². The van der Waals surface area contributed by atoms with Gasteiger partial charge in [-0.2, -0.15) is 0 Å². The Morgan fingerprint density at radius 3 is 1.77 bits per heavy atom. The standard InChI is InChI=1S/C30H36F2N2O6/c1-6-22-26(28(37)39-5)23(33-27(22)29(38)40-30(2,3)4)15-34(16-24(35)18-7-11-20(31)12-8-18)17-25(36)19-9-13-21(32)14-10-19/h7-14,24-25,33,35-36H,6,15-17H2,1-5H3/t24-,25-/m1/s1. The lowest BCUT2D eigenvalue weighted by Gasteiger charge is -2.27. The maximum Gasteiger partial charge on any atom is 0.355 e. The Hall–Kier alpha value is -3.60. The maximum absolute atomic E-state index is 13.4. The maximum atomic E-state index is 13.4. The van der Waals surface area contributed by atoms with Crippen LogP contribution in [-0.2, 0) is 22.4 Å². The molecule has 0 aliphatic rings. The normalized spacial score (nSPS) is 13.2. The monoisotopic (exact) mass is 558 g/mol. The highest BCUT2D eigenvalue weighted by atomic mass is 19.1. The summed E-state index contributed by atoms with van der Waals surface area (Å²) in [5.41, 5.74) is 1.17. The van der Waals surface area contributed by atoms with E-state index < -0.39 is 41.4 Å². The van der Waals surface area contributed by atoms with Gasteiger partial charge in [-0.25, -0.2) is 18.4 Å². The van der Waals surface area contributed by atoms with Crippen LogP contribution in [0.1, 0.15) is 83.1 Å². The average Bonchev–Trinajstić information content (AvgIpc) is 3.26. The number of aromatic amines is 1.